The molecule has 0 saturated carbocycles. The van der Waals surface area contributed by atoms with Crippen LogP contribution in [0.15, 0.2) is 24.3 Å². The van der Waals surface area contributed by atoms with Gasteiger partial charge in [0.1, 0.15) is 6.54 Å². The summed E-state index contributed by atoms with van der Waals surface area (Å²) in [5.41, 5.74) is 6.48. The van der Waals surface area contributed by atoms with E-state index in [0.29, 0.717) is 17.1 Å². The number of hydrogen-bond acceptors (Lipinski definition) is 2. The Hall–Kier alpha value is -1.35. The van der Waals surface area contributed by atoms with Gasteiger partial charge in [0, 0.05) is 10.6 Å². The number of ketones is 1. The number of nitrogens with zero attached hydrogens (tertiary/aromatic N) is 1. The van der Waals surface area contributed by atoms with Crippen molar-refractivity contribution in [1.29, 1.82) is 0 Å². The molecule has 0 spiro atoms. The molecule has 2 N–H and O–H groups in total. The van der Waals surface area contributed by atoms with E-state index in [1.165, 1.54) is 0 Å². The molecule has 0 aromatic heterocycles. The summed E-state index contributed by atoms with van der Waals surface area (Å²) >= 11 is 5.76. The number of rotatable bonds is 3. The zero-order valence-corrected chi connectivity index (χ0v) is 9.70. The van der Waals surface area contributed by atoms with Gasteiger partial charge in [0.2, 0.25) is 11.6 Å². The monoisotopic (exact) mass is 237 g/mol. The van der Waals surface area contributed by atoms with Crippen LogP contribution in [-0.4, -0.2) is 29.3 Å². The van der Waals surface area contributed by atoms with Crippen molar-refractivity contribution in [2.75, 3.05) is 13.1 Å². The molecule has 3 nitrogen and oxygen atoms in total. The highest BCUT2D eigenvalue weighted by Gasteiger charge is 2.19. The Morgan fingerprint density at radius 3 is 2.62 bits per heavy atom. The average Bonchev–Trinajstić information content (AvgIpc) is 2.65. The van der Waals surface area contributed by atoms with Gasteiger partial charge in [0.25, 0.3) is 0 Å². The summed E-state index contributed by atoms with van der Waals surface area (Å²) in [6.07, 6.45) is 1.94. The third-order valence-corrected chi connectivity index (χ3v) is 3.02. The highest BCUT2D eigenvalue weighted by molar-refractivity contribution is 6.30. The topological polar surface area (TPSA) is 46.1 Å². The van der Waals surface area contributed by atoms with Crippen LogP contribution in [0, 0.1) is 0 Å². The van der Waals surface area contributed by atoms with Crippen LogP contribution in [0.5, 0.6) is 0 Å². The van der Waals surface area contributed by atoms with E-state index in [9.17, 15) is 4.79 Å². The molecule has 16 heavy (non-hydrogen) atoms. The van der Waals surface area contributed by atoms with E-state index in [4.69, 9.17) is 17.3 Å². The molecule has 0 bridgehead atoms. The van der Waals surface area contributed by atoms with E-state index in [0.717, 1.165) is 25.2 Å². The number of hydrogen-bond donors (Lipinski definition) is 1. The lowest BCUT2D eigenvalue weighted by atomic mass is 10.1. The molecule has 0 fully saturated rings. The van der Waals surface area contributed by atoms with Crippen LogP contribution >= 0.6 is 11.6 Å². The summed E-state index contributed by atoms with van der Waals surface area (Å²) in [4.78, 5) is 11.9. The third kappa shape index (κ3) is 2.42. The van der Waals surface area contributed by atoms with Gasteiger partial charge < -0.3 is 0 Å². The van der Waals surface area contributed by atoms with E-state index < -0.39 is 0 Å². The van der Waals surface area contributed by atoms with Gasteiger partial charge in [-0.1, -0.05) is 11.6 Å². The van der Waals surface area contributed by atoms with Gasteiger partial charge in [0.05, 0.1) is 13.0 Å². The minimum absolute atomic E-state index is 0.0847. The van der Waals surface area contributed by atoms with Gasteiger partial charge in [-0.25, -0.2) is 0 Å². The third-order valence-electron chi connectivity index (χ3n) is 2.77. The summed E-state index contributed by atoms with van der Waals surface area (Å²) in [6, 6.07) is 6.95. The van der Waals surface area contributed by atoms with Crippen LogP contribution in [0.25, 0.3) is 0 Å². The molecule has 1 aromatic carbocycles. The molecule has 0 amide bonds. The van der Waals surface area contributed by atoms with Crippen LogP contribution in [0.2, 0.25) is 5.02 Å². The van der Waals surface area contributed by atoms with E-state index in [1.54, 1.807) is 24.3 Å². The Balaban J connectivity index is 2.09. The van der Waals surface area contributed by atoms with Crippen molar-refractivity contribution in [3.63, 3.8) is 0 Å². The number of nitrogens with two attached hydrogens (primary N) is 1. The fourth-order valence-electron chi connectivity index (χ4n) is 1.83. The van der Waals surface area contributed by atoms with Crippen molar-refractivity contribution >= 4 is 23.2 Å². The minimum Gasteiger partial charge on any atom is -0.291 e. The minimum atomic E-state index is 0.0847. The zero-order valence-electron chi connectivity index (χ0n) is 8.95. The Kier molecular flexibility index (Phi) is 3.25. The maximum Gasteiger partial charge on any atom is 0.243 e. The lowest BCUT2D eigenvalue weighted by molar-refractivity contribution is -0.507. The molecule has 84 valence electrons. The van der Waals surface area contributed by atoms with E-state index >= 15 is 0 Å². The molecule has 1 heterocycles. The highest BCUT2D eigenvalue weighted by Crippen LogP contribution is 2.10. The van der Waals surface area contributed by atoms with Gasteiger partial charge in [-0.3, -0.25) is 15.1 Å². The van der Waals surface area contributed by atoms with Gasteiger partial charge in [-0.15, -0.1) is 0 Å². The van der Waals surface area contributed by atoms with Crippen molar-refractivity contribution in [2.24, 2.45) is 5.73 Å². The molecule has 0 unspecified atom stereocenters. The second-order valence-corrected chi connectivity index (χ2v) is 4.38. The van der Waals surface area contributed by atoms with Crippen LogP contribution in [0.3, 0.4) is 0 Å². The Morgan fingerprint density at radius 1 is 1.38 bits per heavy atom. The second kappa shape index (κ2) is 4.66. The van der Waals surface area contributed by atoms with Gasteiger partial charge >= 0.3 is 0 Å². The fraction of sp³-hybridized carbons (Fsp3) is 0.333. The lowest BCUT2D eigenvalue weighted by Gasteiger charge is -2.02. The summed E-state index contributed by atoms with van der Waals surface area (Å²) in [5.74, 6) is 0.906. The molecule has 2 rings (SSSR count). The SMILES string of the molecule is NC1=[N+](CC(=O)c2ccc(Cl)cc2)CCC1. The van der Waals surface area contributed by atoms with E-state index in [1.807, 2.05) is 4.58 Å². The maximum atomic E-state index is 11.9. The zero-order chi connectivity index (χ0) is 11.5. The molecular weight excluding hydrogens is 224 g/mol. The van der Waals surface area contributed by atoms with E-state index in [2.05, 4.69) is 0 Å². The van der Waals surface area contributed by atoms with Gasteiger partial charge in [0.15, 0.2) is 0 Å². The first-order valence-electron chi connectivity index (χ1n) is 5.32. The highest BCUT2D eigenvalue weighted by atomic mass is 35.5. The summed E-state index contributed by atoms with van der Waals surface area (Å²) in [7, 11) is 0. The molecule has 1 aromatic rings. The van der Waals surface area contributed by atoms with Crippen molar-refractivity contribution in [3.8, 4) is 0 Å². The molecule has 1 aliphatic heterocycles. The molecule has 0 radical (unpaired) electrons. The fourth-order valence-corrected chi connectivity index (χ4v) is 1.96. The first kappa shape index (κ1) is 11.1. The normalized spacial score (nSPS) is 15.6. The van der Waals surface area contributed by atoms with Crippen LogP contribution in [0.1, 0.15) is 23.2 Å². The summed E-state index contributed by atoms with van der Waals surface area (Å²) in [5, 5.41) is 0.642. The smallest absolute Gasteiger partial charge is 0.243 e. The Morgan fingerprint density at radius 2 is 2.06 bits per heavy atom. The number of Topliss-reactive ketones (excluding diaryl/α,β-unsaturated/α-hetero) is 1. The maximum absolute atomic E-state index is 11.9. The standard InChI is InChI=1S/C12H13ClN2O/c13-10-5-3-9(4-6-10)11(16)8-15-7-1-2-12(15)14/h3-6,14H,1-2,7-8H2/p+1. The van der Waals surface area contributed by atoms with Crippen LogP contribution in [-0.2, 0) is 0 Å². The number of carbonyl (C=O) groups excluding carboxylic acids is 1. The molecule has 1 aliphatic rings. The van der Waals surface area contributed by atoms with E-state index in [-0.39, 0.29) is 5.78 Å². The number of carbonyl (C=O) groups is 1. The van der Waals surface area contributed by atoms with Crippen molar-refractivity contribution in [2.45, 2.75) is 12.8 Å². The molecule has 4 heteroatoms. The molecule has 0 atom stereocenters. The lowest BCUT2D eigenvalue weighted by Crippen LogP contribution is -2.27. The second-order valence-electron chi connectivity index (χ2n) is 3.95. The quantitative estimate of drug-likeness (QED) is 0.642. The number of halogens is 1. The first-order valence-corrected chi connectivity index (χ1v) is 5.69. The average molecular weight is 238 g/mol. The molecule has 0 saturated heterocycles. The van der Waals surface area contributed by atoms with Gasteiger partial charge in [-0.05, 0) is 30.7 Å². The molecule has 0 aliphatic carbocycles. The summed E-state index contributed by atoms with van der Waals surface area (Å²) in [6.45, 7) is 1.25. The van der Waals surface area contributed by atoms with Crippen molar-refractivity contribution in [3.05, 3.63) is 34.9 Å². The van der Waals surface area contributed by atoms with Gasteiger partial charge in [-0.2, -0.15) is 0 Å². The Labute approximate surface area is 99.5 Å². The summed E-state index contributed by atoms with van der Waals surface area (Å²) < 4.78 is 1.94. The van der Waals surface area contributed by atoms with Crippen LogP contribution < -0.4 is 5.73 Å². The van der Waals surface area contributed by atoms with Crippen molar-refractivity contribution in [1.82, 2.24) is 0 Å². The van der Waals surface area contributed by atoms with Crippen molar-refractivity contribution < 1.29 is 9.37 Å². The Bertz CT molecular complexity index is 437. The largest absolute Gasteiger partial charge is 0.291 e. The number of benzene rings is 1. The predicted octanol–water partition coefficient (Wildman–Crippen LogP) is 1.69. The predicted molar refractivity (Wildman–Crippen MR) is 64.2 cm³/mol. The molecular formula is C12H14ClN2O+. The van der Waals surface area contributed by atoms with Crippen LogP contribution in [0.4, 0.5) is 0 Å². The number of amidine groups is 1. The first-order chi connectivity index (χ1) is 7.66.